The van der Waals surface area contributed by atoms with Crippen molar-refractivity contribution < 1.29 is 4.39 Å². The summed E-state index contributed by atoms with van der Waals surface area (Å²) in [4.78, 5) is 9.86. The second-order valence-corrected chi connectivity index (χ2v) is 4.81. The minimum Gasteiger partial charge on any atom is -0.353 e. The Morgan fingerprint density at radius 2 is 2.19 bits per heavy atom. The molecule has 0 N–H and O–H groups in total. The van der Waals surface area contributed by atoms with Gasteiger partial charge in [-0.25, -0.2) is 9.97 Å². The molecule has 0 aromatic carbocycles. The van der Waals surface area contributed by atoms with Crippen LogP contribution in [-0.4, -0.2) is 22.6 Å². The Balaban J connectivity index is 2.06. The molecular formula is C12H18FN3. The molecule has 2 rings (SSSR count). The van der Waals surface area contributed by atoms with Crippen molar-refractivity contribution in [1.82, 2.24) is 9.97 Å². The van der Waals surface area contributed by atoms with E-state index in [1.165, 1.54) is 25.2 Å². The summed E-state index contributed by atoms with van der Waals surface area (Å²) >= 11 is 0. The molecule has 16 heavy (non-hydrogen) atoms. The highest BCUT2D eigenvalue weighted by Crippen LogP contribution is 2.30. The molecule has 0 radical (unpaired) electrons. The lowest BCUT2D eigenvalue weighted by Crippen LogP contribution is -2.28. The molecular weight excluding hydrogens is 205 g/mol. The molecule has 0 bridgehead atoms. The zero-order valence-corrected chi connectivity index (χ0v) is 9.86. The van der Waals surface area contributed by atoms with Crippen molar-refractivity contribution in [1.29, 1.82) is 0 Å². The Bertz CT molecular complexity index is 350. The van der Waals surface area contributed by atoms with Crippen LogP contribution in [0.5, 0.6) is 0 Å². The van der Waals surface area contributed by atoms with Gasteiger partial charge in [-0.15, -0.1) is 0 Å². The van der Waals surface area contributed by atoms with Gasteiger partial charge in [-0.05, 0) is 25.2 Å². The van der Waals surface area contributed by atoms with E-state index in [0.29, 0.717) is 12.0 Å². The largest absolute Gasteiger partial charge is 0.353 e. The van der Waals surface area contributed by atoms with Crippen LogP contribution in [0.25, 0.3) is 0 Å². The molecule has 0 atom stereocenters. The van der Waals surface area contributed by atoms with Crippen LogP contribution in [0, 0.1) is 11.9 Å². The number of nitrogens with zero attached hydrogens (tertiary/aromatic N) is 3. The maximum absolute atomic E-state index is 13.0. The topological polar surface area (TPSA) is 29.0 Å². The lowest BCUT2D eigenvalue weighted by atomic mass is 10.1. The molecule has 1 heterocycles. The quantitative estimate of drug-likeness (QED) is 0.718. The first-order valence-corrected chi connectivity index (χ1v) is 5.91. The second-order valence-electron chi connectivity index (χ2n) is 4.81. The van der Waals surface area contributed by atoms with Crippen LogP contribution >= 0.6 is 0 Å². The predicted molar refractivity (Wildman–Crippen MR) is 61.8 cm³/mol. The van der Waals surface area contributed by atoms with Gasteiger partial charge in [0.2, 0.25) is 5.95 Å². The maximum Gasteiger partial charge on any atom is 0.218 e. The van der Waals surface area contributed by atoms with Gasteiger partial charge in [-0.3, -0.25) is 0 Å². The number of rotatable bonds is 5. The van der Waals surface area contributed by atoms with E-state index < -0.39 is 5.95 Å². The van der Waals surface area contributed by atoms with Crippen LogP contribution in [0.3, 0.4) is 0 Å². The predicted octanol–water partition coefficient (Wildman–Crippen LogP) is 2.63. The SMILES string of the molecule is CC(C)CCN(c1cc(F)ncn1)C1CC1. The highest BCUT2D eigenvalue weighted by Gasteiger charge is 2.30. The van der Waals surface area contributed by atoms with Gasteiger partial charge >= 0.3 is 0 Å². The van der Waals surface area contributed by atoms with Crippen LogP contribution in [0.4, 0.5) is 10.2 Å². The van der Waals surface area contributed by atoms with E-state index in [2.05, 4.69) is 28.7 Å². The van der Waals surface area contributed by atoms with Crippen molar-refractivity contribution in [3.05, 3.63) is 18.3 Å². The summed E-state index contributed by atoms with van der Waals surface area (Å²) in [5.74, 6) is 0.948. The van der Waals surface area contributed by atoms with E-state index in [-0.39, 0.29) is 0 Å². The van der Waals surface area contributed by atoms with Gasteiger partial charge in [-0.2, -0.15) is 4.39 Å². The smallest absolute Gasteiger partial charge is 0.218 e. The summed E-state index contributed by atoms with van der Waals surface area (Å²) in [7, 11) is 0. The molecule has 88 valence electrons. The summed E-state index contributed by atoms with van der Waals surface area (Å²) in [5, 5.41) is 0. The van der Waals surface area contributed by atoms with E-state index in [0.717, 1.165) is 18.8 Å². The van der Waals surface area contributed by atoms with E-state index >= 15 is 0 Å². The van der Waals surface area contributed by atoms with Crippen molar-refractivity contribution in [2.75, 3.05) is 11.4 Å². The van der Waals surface area contributed by atoms with Crippen LogP contribution < -0.4 is 4.90 Å². The molecule has 3 nitrogen and oxygen atoms in total. The second kappa shape index (κ2) is 4.76. The Hall–Kier alpha value is -1.19. The Morgan fingerprint density at radius 3 is 2.75 bits per heavy atom. The molecule has 1 aliphatic rings. The Morgan fingerprint density at radius 1 is 1.44 bits per heavy atom. The van der Waals surface area contributed by atoms with Crippen molar-refractivity contribution in [3.8, 4) is 0 Å². The molecule has 0 saturated heterocycles. The summed E-state index contributed by atoms with van der Waals surface area (Å²) < 4.78 is 13.0. The molecule has 4 heteroatoms. The minimum atomic E-state index is -0.444. The van der Waals surface area contributed by atoms with Crippen LogP contribution in [0.15, 0.2) is 12.4 Å². The summed E-state index contributed by atoms with van der Waals surface area (Å²) in [6, 6.07) is 1.99. The third kappa shape index (κ3) is 2.90. The zero-order chi connectivity index (χ0) is 11.5. The van der Waals surface area contributed by atoms with Gasteiger partial charge in [0, 0.05) is 18.7 Å². The number of halogens is 1. The van der Waals surface area contributed by atoms with Crippen LogP contribution in [0.1, 0.15) is 33.1 Å². The van der Waals surface area contributed by atoms with Gasteiger partial charge in [0.1, 0.15) is 12.1 Å². The molecule has 0 aliphatic heterocycles. The van der Waals surface area contributed by atoms with E-state index in [1.54, 1.807) is 0 Å². The number of hydrogen-bond donors (Lipinski definition) is 0. The lowest BCUT2D eigenvalue weighted by Gasteiger charge is -2.24. The average molecular weight is 223 g/mol. The first-order chi connectivity index (χ1) is 7.66. The summed E-state index contributed by atoms with van der Waals surface area (Å²) in [6.45, 7) is 5.36. The number of hydrogen-bond acceptors (Lipinski definition) is 3. The van der Waals surface area contributed by atoms with Gasteiger partial charge in [0.15, 0.2) is 0 Å². The van der Waals surface area contributed by atoms with E-state index in [9.17, 15) is 4.39 Å². The third-order valence-corrected chi connectivity index (χ3v) is 2.85. The highest BCUT2D eigenvalue weighted by atomic mass is 19.1. The first kappa shape index (κ1) is 11.3. The number of aromatic nitrogens is 2. The van der Waals surface area contributed by atoms with Gasteiger partial charge in [-0.1, -0.05) is 13.8 Å². The fourth-order valence-electron chi connectivity index (χ4n) is 1.75. The fourth-order valence-corrected chi connectivity index (χ4v) is 1.75. The molecule has 0 unspecified atom stereocenters. The average Bonchev–Trinajstić information content (AvgIpc) is 3.02. The van der Waals surface area contributed by atoms with Crippen LogP contribution in [-0.2, 0) is 0 Å². The molecule has 0 spiro atoms. The monoisotopic (exact) mass is 223 g/mol. The van der Waals surface area contributed by atoms with E-state index in [4.69, 9.17) is 0 Å². The Kier molecular flexibility index (Phi) is 3.36. The molecule has 1 aliphatic carbocycles. The van der Waals surface area contributed by atoms with Gasteiger partial charge in [0.25, 0.3) is 0 Å². The standard InChI is InChI=1S/C12H18FN3/c1-9(2)5-6-16(10-3-4-10)12-7-11(13)14-8-15-12/h7-10H,3-6H2,1-2H3. The summed E-state index contributed by atoms with van der Waals surface area (Å²) in [5.41, 5.74) is 0. The van der Waals surface area contributed by atoms with Crippen molar-refractivity contribution in [3.63, 3.8) is 0 Å². The van der Waals surface area contributed by atoms with Crippen molar-refractivity contribution in [2.45, 2.75) is 39.2 Å². The molecule has 1 aromatic rings. The van der Waals surface area contributed by atoms with Crippen molar-refractivity contribution in [2.24, 2.45) is 5.92 Å². The maximum atomic E-state index is 13.0. The molecule has 1 aromatic heterocycles. The normalized spacial score (nSPS) is 15.5. The van der Waals surface area contributed by atoms with Crippen LogP contribution in [0.2, 0.25) is 0 Å². The third-order valence-electron chi connectivity index (χ3n) is 2.85. The minimum absolute atomic E-state index is 0.444. The summed E-state index contributed by atoms with van der Waals surface area (Å²) in [6.07, 6.45) is 4.81. The number of anilines is 1. The highest BCUT2D eigenvalue weighted by molar-refractivity contribution is 5.40. The Labute approximate surface area is 95.7 Å². The zero-order valence-electron chi connectivity index (χ0n) is 9.86. The van der Waals surface area contributed by atoms with E-state index in [1.807, 2.05) is 0 Å². The fraction of sp³-hybridized carbons (Fsp3) is 0.667. The van der Waals surface area contributed by atoms with Crippen molar-refractivity contribution >= 4 is 5.82 Å². The van der Waals surface area contributed by atoms with Gasteiger partial charge < -0.3 is 4.90 Å². The first-order valence-electron chi connectivity index (χ1n) is 5.91. The molecule has 1 fully saturated rings. The molecule has 1 saturated carbocycles. The lowest BCUT2D eigenvalue weighted by molar-refractivity contribution is 0.558. The van der Waals surface area contributed by atoms with Gasteiger partial charge in [0.05, 0.1) is 0 Å². The molecule has 0 amide bonds.